The van der Waals surface area contributed by atoms with Crippen LogP contribution in [0.25, 0.3) is 138 Å². The van der Waals surface area contributed by atoms with Crippen LogP contribution in [0.4, 0.5) is 0 Å². The van der Waals surface area contributed by atoms with Crippen molar-refractivity contribution >= 4 is 87.6 Å². The molecule has 14 aromatic rings. The average Bonchev–Trinajstić information content (AvgIpc) is 4.12. The van der Waals surface area contributed by atoms with Crippen LogP contribution in [-0.2, 0) is 0 Å². The quantitative estimate of drug-likeness (QED) is 0.174. The van der Waals surface area contributed by atoms with Gasteiger partial charge in [-0.15, -0.1) is 0 Å². The molecule has 0 fully saturated rings. The van der Waals surface area contributed by atoms with Crippen molar-refractivity contribution in [2.75, 3.05) is 0 Å². The summed E-state index contributed by atoms with van der Waals surface area (Å²) in [6.45, 7) is 0. The number of benzene rings is 10. The predicted octanol–water partition coefficient (Wildman–Crippen LogP) is 17.1. The van der Waals surface area contributed by atoms with E-state index in [4.69, 9.17) is 13.3 Å². The fraction of sp³-hybridized carbons (Fsp3) is 0. The Kier molecular flexibility index (Phi) is 7.36. The lowest BCUT2D eigenvalue weighted by Crippen LogP contribution is -1.98. The highest BCUT2D eigenvalue weighted by Crippen LogP contribution is 2.48. The molecule has 298 valence electrons. The SMILES string of the molecule is c1ccc(-c2cc(-c3ccc4oc5ccccc5c4c3)c3c(c2)c2cc(-c4ccccc4)cc(-c4ccc5oc6ccccc6c5c4)c2n3-c2ccc3c(c2)oc2ccccc23)cc1. The molecule has 0 bridgehead atoms. The highest BCUT2D eigenvalue weighted by atomic mass is 16.3. The standard InChI is InChI=1S/C60H35NO3/c1-3-13-36(14-4-1)40-31-47(38-23-27-56-49(29-38)44-18-8-11-21-54(44)62-56)59-51(33-40)52-34-41(37-15-5-2-6-16-37)32-48(39-24-28-57-50(30-39)45-19-9-12-22-55(45)63-57)60(52)61(59)42-25-26-46-43-17-7-10-20-53(43)64-58(46)35-42/h1-35H. The molecule has 4 heterocycles. The van der Waals surface area contributed by atoms with Crippen LogP contribution in [0.1, 0.15) is 0 Å². The van der Waals surface area contributed by atoms with E-state index in [1.54, 1.807) is 0 Å². The lowest BCUT2D eigenvalue weighted by atomic mass is 9.92. The molecule has 0 aliphatic carbocycles. The Bertz CT molecular complexity index is 3970. The van der Waals surface area contributed by atoms with Crippen LogP contribution in [0.3, 0.4) is 0 Å². The molecule has 0 N–H and O–H groups in total. The second kappa shape index (κ2) is 13.4. The third-order valence-electron chi connectivity index (χ3n) is 13.2. The minimum Gasteiger partial charge on any atom is -0.456 e. The molecule has 0 atom stereocenters. The van der Waals surface area contributed by atoms with Crippen LogP contribution in [0.15, 0.2) is 226 Å². The van der Waals surface area contributed by atoms with Crippen molar-refractivity contribution in [3.8, 4) is 50.2 Å². The first-order chi connectivity index (χ1) is 31.7. The molecular weight excluding hydrogens is 783 g/mol. The van der Waals surface area contributed by atoms with Gasteiger partial charge >= 0.3 is 0 Å². The number of rotatable bonds is 5. The summed E-state index contributed by atoms with van der Waals surface area (Å²) in [6, 6.07) is 75.9. The number of hydrogen-bond donors (Lipinski definition) is 0. The first-order valence-electron chi connectivity index (χ1n) is 21.7. The molecule has 4 nitrogen and oxygen atoms in total. The Labute approximate surface area is 366 Å². The molecule has 0 saturated heterocycles. The van der Waals surface area contributed by atoms with Crippen molar-refractivity contribution in [2.24, 2.45) is 0 Å². The van der Waals surface area contributed by atoms with Gasteiger partial charge in [-0.25, -0.2) is 0 Å². The van der Waals surface area contributed by atoms with E-state index in [-0.39, 0.29) is 0 Å². The van der Waals surface area contributed by atoms with Crippen LogP contribution >= 0.6 is 0 Å². The minimum atomic E-state index is 0.844. The van der Waals surface area contributed by atoms with Crippen LogP contribution in [0.2, 0.25) is 0 Å². The maximum atomic E-state index is 6.63. The van der Waals surface area contributed by atoms with Crippen molar-refractivity contribution in [3.63, 3.8) is 0 Å². The Morgan fingerprint density at radius 2 is 0.625 bits per heavy atom. The third kappa shape index (κ3) is 5.23. The Morgan fingerprint density at radius 1 is 0.234 bits per heavy atom. The average molecular weight is 818 g/mol. The van der Waals surface area contributed by atoms with Crippen molar-refractivity contribution in [1.82, 2.24) is 4.57 Å². The zero-order valence-electron chi connectivity index (χ0n) is 34.4. The van der Waals surface area contributed by atoms with E-state index < -0.39 is 0 Å². The summed E-state index contributed by atoms with van der Waals surface area (Å²) in [4.78, 5) is 0. The number of fused-ring (bicyclic) bond motifs is 12. The zero-order valence-corrected chi connectivity index (χ0v) is 34.4. The fourth-order valence-electron chi connectivity index (χ4n) is 10.2. The number of hydrogen-bond acceptors (Lipinski definition) is 3. The summed E-state index contributed by atoms with van der Waals surface area (Å²) in [7, 11) is 0. The summed E-state index contributed by atoms with van der Waals surface area (Å²) in [5.41, 5.74) is 17.5. The van der Waals surface area contributed by atoms with Crippen molar-refractivity contribution in [2.45, 2.75) is 0 Å². The van der Waals surface area contributed by atoms with Gasteiger partial charge in [-0.1, -0.05) is 127 Å². The van der Waals surface area contributed by atoms with Crippen LogP contribution in [-0.4, -0.2) is 4.57 Å². The molecule has 14 rings (SSSR count). The molecule has 0 aliphatic rings. The van der Waals surface area contributed by atoms with Gasteiger partial charge in [0.2, 0.25) is 0 Å². The lowest BCUT2D eigenvalue weighted by Gasteiger charge is -2.16. The Balaban J connectivity index is 1.17. The zero-order chi connectivity index (χ0) is 41.9. The van der Waals surface area contributed by atoms with E-state index in [0.717, 1.165) is 138 Å². The molecule has 0 aliphatic heterocycles. The summed E-state index contributed by atoms with van der Waals surface area (Å²) < 4.78 is 21.9. The number of aromatic nitrogens is 1. The summed E-state index contributed by atoms with van der Waals surface area (Å²) >= 11 is 0. The fourth-order valence-corrected chi connectivity index (χ4v) is 10.2. The van der Waals surface area contributed by atoms with E-state index in [1.165, 1.54) is 0 Å². The summed E-state index contributed by atoms with van der Waals surface area (Å²) in [5.74, 6) is 0. The van der Waals surface area contributed by atoms with E-state index in [1.807, 2.05) is 36.4 Å². The normalized spacial score (nSPS) is 12.1. The van der Waals surface area contributed by atoms with Gasteiger partial charge in [0.05, 0.1) is 11.0 Å². The number of para-hydroxylation sites is 3. The second-order valence-electron chi connectivity index (χ2n) is 16.8. The van der Waals surface area contributed by atoms with Crippen molar-refractivity contribution in [1.29, 1.82) is 0 Å². The first-order valence-corrected chi connectivity index (χ1v) is 21.7. The molecule has 0 unspecified atom stereocenters. The number of furan rings is 3. The highest BCUT2D eigenvalue weighted by Gasteiger charge is 2.24. The molecule has 10 aromatic carbocycles. The van der Waals surface area contributed by atoms with Crippen LogP contribution in [0, 0.1) is 0 Å². The lowest BCUT2D eigenvalue weighted by molar-refractivity contribution is 0.668. The maximum Gasteiger partial charge on any atom is 0.137 e. The summed E-state index contributed by atoms with van der Waals surface area (Å²) in [5, 5.41) is 8.88. The highest BCUT2D eigenvalue weighted by molar-refractivity contribution is 6.21. The van der Waals surface area contributed by atoms with Crippen LogP contribution in [0.5, 0.6) is 0 Å². The van der Waals surface area contributed by atoms with Gasteiger partial charge in [-0.2, -0.15) is 0 Å². The van der Waals surface area contributed by atoms with E-state index in [0.29, 0.717) is 0 Å². The van der Waals surface area contributed by atoms with Gasteiger partial charge in [-0.05, 0) is 112 Å². The van der Waals surface area contributed by atoms with Gasteiger partial charge in [0, 0.05) is 66.0 Å². The van der Waals surface area contributed by atoms with Gasteiger partial charge in [0.1, 0.15) is 33.5 Å². The first kappa shape index (κ1) is 35.0. The van der Waals surface area contributed by atoms with Gasteiger partial charge in [0.25, 0.3) is 0 Å². The Hall–Kier alpha value is -8.60. The van der Waals surface area contributed by atoms with E-state index in [9.17, 15) is 0 Å². The molecule has 0 spiro atoms. The van der Waals surface area contributed by atoms with E-state index >= 15 is 0 Å². The van der Waals surface area contributed by atoms with Crippen LogP contribution < -0.4 is 0 Å². The topological polar surface area (TPSA) is 44.4 Å². The molecule has 4 heteroatoms. The maximum absolute atomic E-state index is 6.63. The molecule has 0 saturated carbocycles. The predicted molar refractivity (Wildman–Crippen MR) is 264 cm³/mol. The molecular formula is C60H35NO3. The second-order valence-corrected chi connectivity index (χ2v) is 16.8. The molecule has 0 radical (unpaired) electrons. The number of nitrogens with zero attached hydrogens (tertiary/aromatic N) is 1. The minimum absolute atomic E-state index is 0.844. The van der Waals surface area contributed by atoms with Gasteiger partial charge < -0.3 is 17.8 Å². The third-order valence-corrected chi connectivity index (χ3v) is 13.2. The molecule has 4 aromatic heterocycles. The molecule has 0 amide bonds. The van der Waals surface area contributed by atoms with Crippen molar-refractivity contribution < 1.29 is 13.3 Å². The van der Waals surface area contributed by atoms with Gasteiger partial charge in [-0.3, -0.25) is 0 Å². The van der Waals surface area contributed by atoms with E-state index in [2.05, 4.69) is 180 Å². The largest absolute Gasteiger partial charge is 0.456 e. The smallest absolute Gasteiger partial charge is 0.137 e. The van der Waals surface area contributed by atoms with Crippen molar-refractivity contribution in [3.05, 3.63) is 212 Å². The Morgan fingerprint density at radius 3 is 1.12 bits per heavy atom. The monoisotopic (exact) mass is 817 g/mol. The molecule has 64 heavy (non-hydrogen) atoms. The van der Waals surface area contributed by atoms with Gasteiger partial charge in [0.15, 0.2) is 0 Å². The summed E-state index contributed by atoms with van der Waals surface area (Å²) in [6.07, 6.45) is 0.